The van der Waals surface area contributed by atoms with Gasteiger partial charge in [-0.15, -0.1) is 0 Å². The van der Waals surface area contributed by atoms with E-state index in [0.717, 1.165) is 175 Å². The molecule has 0 radical (unpaired) electrons. The van der Waals surface area contributed by atoms with Crippen molar-refractivity contribution in [2.24, 2.45) is 86.8 Å². The van der Waals surface area contributed by atoms with Crippen molar-refractivity contribution in [3.8, 4) is 0 Å². The van der Waals surface area contributed by atoms with E-state index < -0.39 is 0 Å². The van der Waals surface area contributed by atoms with Gasteiger partial charge in [0.1, 0.15) is 12.2 Å². The highest BCUT2D eigenvalue weighted by Gasteiger charge is 2.60. The topological polar surface area (TPSA) is 76.1 Å². The Labute approximate surface area is 497 Å². The number of nitrogens with zero attached hydrogens (tertiary/aromatic N) is 2. The molecule has 0 bridgehead atoms. The lowest BCUT2D eigenvalue weighted by Crippen LogP contribution is -2.51. The summed E-state index contributed by atoms with van der Waals surface area (Å²) in [5.41, 5.74) is 6.32. The number of rotatable bonds is 30. The van der Waals surface area contributed by atoms with E-state index in [4.69, 9.17) is 9.47 Å². The first kappa shape index (κ1) is 64.6. The van der Waals surface area contributed by atoms with Crippen LogP contribution in [0.15, 0.2) is 34.9 Å². The Kier molecular flexibility index (Phi) is 23.0. The van der Waals surface area contributed by atoms with Crippen LogP contribution < -0.4 is 0 Å². The van der Waals surface area contributed by atoms with Gasteiger partial charge in [-0.1, -0.05) is 168 Å². The molecule has 0 N–H and O–H groups in total. The molecule has 0 aromatic carbocycles. The van der Waals surface area contributed by atoms with Gasteiger partial charge in [0.15, 0.2) is 0 Å². The van der Waals surface area contributed by atoms with Gasteiger partial charge >= 0.3 is 11.9 Å². The van der Waals surface area contributed by atoms with Crippen LogP contribution in [0.25, 0.3) is 0 Å². The van der Waals surface area contributed by atoms with Gasteiger partial charge in [0.25, 0.3) is 0 Å². The molecule has 15 unspecified atom stereocenters. The van der Waals surface area contributed by atoms with Gasteiger partial charge in [0, 0.05) is 45.2 Å². The minimum absolute atomic E-state index is 0.00201. The number of allylic oxidation sites excluding steroid dienone is 4. The molecule has 0 aliphatic heterocycles. The molecule has 0 aromatic rings. The highest BCUT2D eigenvalue weighted by Crippen LogP contribution is 2.69. The van der Waals surface area contributed by atoms with E-state index in [1.807, 2.05) is 0 Å². The number of carbonyl (C=O) groups excluding carboxylic acids is 3. The van der Waals surface area contributed by atoms with Crippen molar-refractivity contribution in [2.75, 3.05) is 33.7 Å². The van der Waals surface area contributed by atoms with Crippen LogP contribution in [0.2, 0.25) is 0 Å². The first-order valence-electron chi connectivity index (χ1n) is 35.1. The summed E-state index contributed by atoms with van der Waals surface area (Å²) in [5, 5.41) is 0. The maximum atomic E-state index is 13.5. The van der Waals surface area contributed by atoms with Gasteiger partial charge in [0.2, 0.25) is 5.91 Å². The smallest absolute Gasteiger partial charge is 0.306 e. The van der Waals surface area contributed by atoms with Crippen molar-refractivity contribution in [2.45, 2.75) is 293 Å². The van der Waals surface area contributed by atoms with Crippen molar-refractivity contribution in [3.05, 3.63) is 34.9 Å². The third kappa shape index (κ3) is 15.4. The molecule has 8 aliphatic rings. The average molecular weight is 1120 g/mol. The molecular formula is C74H124N2O5. The van der Waals surface area contributed by atoms with E-state index in [1.165, 1.54) is 102 Å². The van der Waals surface area contributed by atoms with Gasteiger partial charge in [-0.25, -0.2) is 0 Å². The van der Waals surface area contributed by atoms with E-state index in [9.17, 15) is 14.4 Å². The van der Waals surface area contributed by atoms with Gasteiger partial charge in [0.05, 0.1) is 0 Å². The molecule has 0 spiro atoms. The summed E-state index contributed by atoms with van der Waals surface area (Å²) >= 11 is 0. The summed E-state index contributed by atoms with van der Waals surface area (Å²) in [6.07, 6.45) is 44.4. The Morgan fingerprint density at radius 2 is 1.07 bits per heavy atom. The van der Waals surface area contributed by atoms with Crippen LogP contribution in [0.1, 0.15) is 281 Å². The monoisotopic (exact) mass is 1120 g/mol. The Morgan fingerprint density at radius 3 is 1.68 bits per heavy atom. The SMILES string of the molecule is CC(C)CCCC(C)C1CCC2C3=CC=C4CC(OC(=O)CCCCCCN(CCCCCCC(=O)OC5CCC6(C)C(=CCC7C6CCC6(C)C(C(C)CCCC(C)C)CCC76)C5)C(=O)CCCN(C)C)CCC4(C)C3CCC21C. The van der Waals surface area contributed by atoms with Crippen LogP contribution in [0.3, 0.4) is 0 Å². The molecule has 8 rings (SSSR count). The lowest BCUT2D eigenvalue weighted by Gasteiger charge is -2.58. The molecule has 7 heteroatoms. The van der Waals surface area contributed by atoms with Crippen LogP contribution in [0, 0.1) is 86.8 Å². The average Bonchev–Trinajstić information content (AvgIpc) is 4.23. The Hall–Kier alpha value is -2.41. The van der Waals surface area contributed by atoms with E-state index in [0.29, 0.717) is 36.0 Å². The second-order valence-electron chi connectivity index (χ2n) is 31.5. The zero-order valence-corrected chi connectivity index (χ0v) is 54.6. The molecule has 15 atom stereocenters. The number of esters is 2. The van der Waals surface area contributed by atoms with E-state index in [-0.39, 0.29) is 40.9 Å². The first-order chi connectivity index (χ1) is 38.7. The van der Waals surface area contributed by atoms with Gasteiger partial charge in [-0.05, 0) is 223 Å². The lowest BCUT2D eigenvalue weighted by atomic mass is 9.47. The summed E-state index contributed by atoms with van der Waals surface area (Å²) in [5.74, 6) is 9.09. The first-order valence-corrected chi connectivity index (χ1v) is 35.1. The van der Waals surface area contributed by atoms with Gasteiger partial charge in [-0.2, -0.15) is 0 Å². The van der Waals surface area contributed by atoms with Crippen LogP contribution in [0.5, 0.6) is 0 Å². The molecule has 81 heavy (non-hydrogen) atoms. The largest absolute Gasteiger partial charge is 0.462 e. The molecule has 1 amide bonds. The lowest BCUT2D eigenvalue weighted by molar-refractivity contribution is -0.152. The predicted octanol–water partition coefficient (Wildman–Crippen LogP) is 18.9. The summed E-state index contributed by atoms with van der Waals surface area (Å²) in [6, 6.07) is 0. The highest BCUT2D eigenvalue weighted by molar-refractivity contribution is 5.76. The zero-order chi connectivity index (χ0) is 58.1. The predicted molar refractivity (Wildman–Crippen MR) is 336 cm³/mol. The number of fused-ring (bicyclic) bond motifs is 10. The summed E-state index contributed by atoms with van der Waals surface area (Å²) in [6.45, 7) is 27.6. The van der Waals surface area contributed by atoms with Crippen molar-refractivity contribution in [1.82, 2.24) is 9.80 Å². The molecule has 460 valence electrons. The zero-order valence-electron chi connectivity index (χ0n) is 54.6. The molecule has 0 saturated heterocycles. The Morgan fingerprint density at radius 1 is 0.519 bits per heavy atom. The fourth-order valence-electron chi connectivity index (χ4n) is 20.3. The fourth-order valence-corrected chi connectivity index (χ4v) is 20.3. The van der Waals surface area contributed by atoms with Gasteiger partial charge in [-0.3, -0.25) is 14.4 Å². The number of hydrogen-bond donors (Lipinski definition) is 0. The second-order valence-corrected chi connectivity index (χ2v) is 31.5. The molecule has 0 heterocycles. The normalized spacial score (nSPS) is 34.9. The van der Waals surface area contributed by atoms with E-state index in [2.05, 4.69) is 111 Å². The maximum Gasteiger partial charge on any atom is 0.306 e. The maximum absolute atomic E-state index is 13.5. The second kappa shape index (κ2) is 28.9. The van der Waals surface area contributed by atoms with Crippen LogP contribution in [0.4, 0.5) is 0 Å². The quantitative estimate of drug-likeness (QED) is 0.0405. The van der Waals surface area contributed by atoms with Crippen LogP contribution in [-0.4, -0.2) is 73.6 Å². The number of carbonyl (C=O) groups is 3. The third-order valence-electron chi connectivity index (χ3n) is 25.0. The van der Waals surface area contributed by atoms with Crippen molar-refractivity contribution in [1.29, 1.82) is 0 Å². The third-order valence-corrected chi connectivity index (χ3v) is 25.0. The van der Waals surface area contributed by atoms with E-state index >= 15 is 0 Å². The van der Waals surface area contributed by atoms with Crippen molar-refractivity contribution in [3.63, 3.8) is 0 Å². The van der Waals surface area contributed by atoms with Crippen LogP contribution >= 0.6 is 0 Å². The van der Waals surface area contributed by atoms with Crippen molar-refractivity contribution >= 4 is 17.8 Å². The minimum atomic E-state index is -0.0345. The van der Waals surface area contributed by atoms with Crippen LogP contribution in [-0.2, 0) is 23.9 Å². The molecule has 8 aliphatic carbocycles. The summed E-state index contributed by atoms with van der Waals surface area (Å²) < 4.78 is 12.5. The molecular weight excluding hydrogens is 997 g/mol. The Balaban J connectivity index is 0.705. The standard InChI is InChI=1S/C74H124N2O5/c1-52(2)24-21-26-54(5)62-35-37-64-60-33-31-56-50-58(39-43-71(56,7)66(60)41-45-73(62,64)9)80-69(78)29-17-13-15-19-48-76(68(77)28-23-47-75(11)12)49-20-16-14-18-30-70(79)81-59-40-44-72(8)57(51-59)32-34-61-65-38-36-63(55(6)27-22-25-53(3)4)74(65,10)46-42-67(61)72/h31-33,52-55,58-59,61-67H,13-30,34-51H2,1-12H3. The number of ether oxygens (including phenoxy) is 2. The number of unbranched alkanes of at least 4 members (excludes halogenated alkanes) is 6. The molecule has 6 saturated carbocycles. The fraction of sp³-hybridized carbons (Fsp3) is 0.878. The number of amides is 1. The molecule has 0 aromatic heterocycles. The molecule has 7 nitrogen and oxygen atoms in total. The minimum Gasteiger partial charge on any atom is -0.462 e. The number of hydrogen-bond acceptors (Lipinski definition) is 6. The Bertz CT molecular complexity index is 2160. The van der Waals surface area contributed by atoms with Crippen molar-refractivity contribution < 1.29 is 23.9 Å². The van der Waals surface area contributed by atoms with E-state index in [1.54, 1.807) is 11.1 Å². The summed E-state index contributed by atoms with van der Waals surface area (Å²) in [7, 11) is 4.14. The van der Waals surface area contributed by atoms with Gasteiger partial charge < -0.3 is 19.3 Å². The highest BCUT2D eigenvalue weighted by atomic mass is 16.5. The molecule has 6 fully saturated rings. The summed E-state index contributed by atoms with van der Waals surface area (Å²) in [4.78, 5) is 44.3.